The lowest BCUT2D eigenvalue weighted by molar-refractivity contribution is 0.184. The van der Waals surface area contributed by atoms with Crippen LogP contribution in [0.1, 0.15) is 12.8 Å². The van der Waals surface area contributed by atoms with Crippen LogP contribution in [0.15, 0.2) is 34.9 Å². The van der Waals surface area contributed by atoms with Gasteiger partial charge in [-0.1, -0.05) is 11.6 Å². The number of halogens is 1. The first-order valence-electron chi connectivity index (χ1n) is 6.87. The molecule has 3 rings (SSSR count). The molecule has 20 heavy (non-hydrogen) atoms. The largest absolute Gasteiger partial charge is 0.439 e. The predicted octanol–water partition coefficient (Wildman–Crippen LogP) is 2.79. The summed E-state index contributed by atoms with van der Waals surface area (Å²) in [4.78, 5) is 6.73. The summed E-state index contributed by atoms with van der Waals surface area (Å²) in [6, 6.07) is 8.13. The molecule has 2 aromatic rings. The van der Waals surface area contributed by atoms with Crippen molar-refractivity contribution in [3.8, 4) is 11.3 Å². The summed E-state index contributed by atoms with van der Waals surface area (Å²) in [5.41, 5.74) is 1.00. The number of hydrogen-bond acceptors (Lipinski definition) is 4. The zero-order valence-electron chi connectivity index (χ0n) is 11.5. The van der Waals surface area contributed by atoms with E-state index in [2.05, 4.69) is 22.1 Å². The number of aromatic nitrogens is 1. The Morgan fingerprint density at radius 2 is 2.20 bits per heavy atom. The normalized spacial score (nSPS) is 20.2. The maximum Gasteiger partial charge on any atom is 0.209 e. The highest BCUT2D eigenvalue weighted by Crippen LogP contribution is 2.22. The molecule has 1 saturated heterocycles. The molecule has 0 spiro atoms. The molecule has 0 radical (unpaired) electrons. The van der Waals surface area contributed by atoms with E-state index in [1.54, 1.807) is 6.20 Å². The first-order valence-corrected chi connectivity index (χ1v) is 7.25. The third-order valence-electron chi connectivity index (χ3n) is 3.49. The van der Waals surface area contributed by atoms with Crippen LogP contribution in [0.25, 0.3) is 11.3 Å². The average molecular weight is 292 g/mol. The van der Waals surface area contributed by atoms with Crippen molar-refractivity contribution in [3.63, 3.8) is 0 Å². The van der Waals surface area contributed by atoms with Crippen LogP contribution < -0.4 is 5.32 Å². The van der Waals surface area contributed by atoms with Crippen LogP contribution in [0.4, 0.5) is 0 Å². The third-order valence-corrected chi connectivity index (χ3v) is 3.75. The van der Waals surface area contributed by atoms with Gasteiger partial charge in [0.2, 0.25) is 5.89 Å². The Labute approximate surface area is 123 Å². The smallest absolute Gasteiger partial charge is 0.209 e. The fraction of sp³-hybridized carbons (Fsp3) is 0.400. The second-order valence-corrected chi connectivity index (χ2v) is 5.65. The molecule has 0 amide bonds. The van der Waals surface area contributed by atoms with Crippen molar-refractivity contribution in [2.45, 2.75) is 19.5 Å². The number of nitrogens with one attached hydrogen (secondary N) is 1. The molecule has 1 aliphatic rings. The van der Waals surface area contributed by atoms with E-state index in [9.17, 15) is 0 Å². The van der Waals surface area contributed by atoms with E-state index in [1.807, 2.05) is 24.3 Å². The third kappa shape index (κ3) is 3.20. The summed E-state index contributed by atoms with van der Waals surface area (Å²) < 4.78 is 5.83. The highest BCUT2D eigenvalue weighted by molar-refractivity contribution is 6.30. The molecule has 5 heteroatoms. The topological polar surface area (TPSA) is 41.3 Å². The standard InChI is InChI=1S/C15H18ClN3O/c1-11-9-19(7-6-17-11)10-15-18-8-14(20-15)12-2-4-13(16)5-3-12/h2-5,8,11,17H,6-7,9-10H2,1H3/t11-/m0/s1. The van der Waals surface area contributed by atoms with Gasteiger partial charge in [-0.25, -0.2) is 4.98 Å². The lowest BCUT2D eigenvalue weighted by Gasteiger charge is -2.30. The Kier molecular flexibility index (Phi) is 4.05. The Bertz CT molecular complexity index is 567. The minimum Gasteiger partial charge on any atom is -0.439 e. The molecule has 0 bridgehead atoms. The lowest BCUT2D eigenvalue weighted by atomic mass is 10.2. The lowest BCUT2D eigenvalue weighted by Crippen LogP contribution is -2.48. The van der Waals surface area contributed by atoms with Gasteiger partial charge in [0, 0.05) is 36.3 Å². The second kappa shape index (κ2) is 5.95. The van der Waals surface area contributed by atoms with Crippen molar-refractivity contribution in [2.75, 3.05) is 19.6 Å². The van der Waals surface area contributed by atoms with Gasteiger partial charge in [0.25, 0.3) is 0 Å². The highest BCUT2D eigenvalue weighted by atomic mass is 35.5. The molecule has 1 aromatic heterocycles. The van der Waals surface area contributed by atoms with Gasteiger partial charge in [-0.2, -0.15) is 0 Å². The van der Waals surface area contributed by atoms with Gasteiger partial charge >= 0.3 is 0 Å². The Balaban J connectivity index is 1.69. The molecule has 4 nitrogen and oxygen atoms in total. The minimum atomic E-state index is 0.523. The molecule has 1 N–H and O–H groups in total. The molecule has 0 unspecified atom stereocenters. The summed E-state index contributed by atoms with van der Waals surface area (Å²) in [5, 5.41) is 4.15. The van der Waals surface area contributed by atoms with Gasteiger partial charge in [0.05, 0.1) is 12.7 Å². The Morgan fingerprint density at radius 1 is 1.40 bits per heavy atom. The van der Waals surface area contributed by atoms with Crippen molar-refractivity contribution >= 4 is 11.6 Å². The maximum absolute atomic E-state index is 5.89. The summed E-state index contributed by atoms with van der Waals surface area (Å²) >= 11 is 5.89. The Hall–Kier alpha value is -1.36. The number of rotatable bonds is 3. The van der Waals surface area contributed by atoms with E-state index in [-0.39, 0.29) is 0 Å². The van der Waals surface area contributed by atoms with Crippen LogP contribution in [0, 0.1) is 0 Å². The van der Waals surface area contributed by atoms with Crippen molar-refractivity contribution < 1.29 is 4.42 Å². The van der Waals surface area contributed by atoms with Crippen LogP contribution >= 0.6 is 11.6 Å². The van der Waals surface area contributed by atoms with E-state index in [0.29, 0.717) is 6.04 Å². The summed E-state index contributed by atoms with van der Waals surface area (Å²) in [5.74, 6) is 1.56. The van der Waals surface area contributed by atoms with Crippen LogP contribution in [0.2, 0.25) is 5.02 Å². The quantitative estimate of drug-likeness (QED) is 0.944. The summed E-state index contributed by atoms with van der Waals surface area (Å²) in [7, 11) is 0. The Morgan fingerprint density at radius 3 is 2.95 bits per heavy atom. The van der Waals surface area contributed by atoms with Crippen LogP contribution in [-0.4, -0.2) is 35.6 Å². The van der Waals surface area contributed by atoms with E-state index in [4.69, 9.17) is 16.0 Å². The van der Waals surface area contributed by atoms with E-state index < -0.39 is 0 Å². The van der Waals surface area contributed by atoms with Crippen LogP contribution in [0.5, 0.6) is 0 Å². The van der Waals surface area contributed by atoms with Crippen molar-refractivity contribution in [1.82, 2.24) is 15.2 Å². The molecule has 0 saturated carbocycles. The number of piperazine rings is 1. The van der Waals surface area contributed by atoms with Gasteiger partial charge in [-0.3, -0.25) is 4.90 Å². The second-order valence-electron chi connectivity index (χ2n) is 5.22. The summed E-state index contributed by atoms with van der Waals surface area (Å²) in [6.45, 7) is 6.04. The number of hydrogen-bond donors (Lipinski definition) is 1. The average Bonchev–Trinajstić information content (AvgIpc) is 2.88. The molecule has 1 fully saturated rings. The molecule has 0 aliphatic carbocycles. The number of nitrogens with zero attached hydrogens (tertiary/aromatic N) is 2. The molecule has 2 heterocycles. The van der Waals surface area contributed by atoms with Gasteiger partial charge in [-0.05, 0) is 31.2 Å². The first kappa shape index (κ1) is 13.6. The van der Waals surface area contributed by atoms with Crippen molar-refractivity contribution in [2.24, 2.45) is 0 Å². The van der Waals surface area contributed by atoms with Gasteiger partial charge in [0.1, 0.15) is 0 Å². The molecular formula is C15H18ClN3O. The molecule has 1 aromatic carbocycles. The van der Waals surface area contributed by atoms with Gasteiger partial charge < -0.3 is 9.73 Å². The SMILES string of the molecule is C[C@H]1CN(Cc2ncc(-c3ccc(Cl)cc3)o2)CCN1. The molecule has 1 atom stereocenters. The number of oxazole rings is 1. The van der Waals surface area contributed by atoms with Gasteiger partial charge in [-0.15, -0.1) is 0 Å². The van der Waals surface area contributed by atoms with Crippen molar-refractivity contribution in [1.29, 1.82) is 0 Å². The van der Waals surface area contributed by atoms with E-state index >= 15 is 0 Å². The van der Waals surface area contributed by atoms with Crippen molar-refractivity contribution in [3.05, 3.63) is 41.4 Å². The van der Waals surface area contributed by atoms with E-state index in [1.165, 1.54) is 0 Å². The van der Waals surface area contributed by atoms with Crippen LogP contribution in [-0.2, 0) is 6.54 Å². The monoisotopic (exact) mass is 291 g/mol. The number of benzene rings is 1. The van der Waals surface area contributed by atoms with Gasteiger partial charge in [0.15, 0.2) is 5.76 Å². The zero-order chi connectivity index (χ0) is 13.9. The molecule has 1 aliphatic heterocycles. The predicted molar refractivity (Wildman–Crippen MR) is 79.7 cm³/mol. The zero-order valence-corrected chi connectivity index (χ0v) is 12.2. The fourth-order valence-electron chi connectivity index (χ4n) is 2.48. The maximum atomic E-state index is 5.89. The fourth-order valence-corrected chi connectivity index (χ4v) is 2.60. The minimum absolute atomic E-state index is 0.523. The summed E-state index contributed by atoms with van der Waals surface area (Å²) in [6.07, 6.45) is 1.78. The first-order chi connectivity index (χ1) is 9.70. The van der Waals surface area contributed by atoms with E-state index in [0.717, 1.165) is 48.4 Å². The highest BCUT2D eigenvalue weighted by Gasteiger charge is 2.17. The van der Waals surface area contributed by atoms with Crippen LogP contribution in [0.3, 0.4) is 0 Å². The molecule has 106 valence electrons. The molecular weight excluding hydrogens is 274 g/mol.